The van der Waals surface area contributed by atoms with E-state index in [1.165, 1.54) is 25.7 Å². The monoisotopic (exact) mass is 366 g/mol. The summed E-state index contributed by atoms with van der Waals surface area (Å²) in [6, 6.07) is 8.32. The largest absolute Gasteiger partial charge is 0.507 e. The standard InChI is InChI=1S/C25H34O2/c1-15-11-18(4)24(26)21(13-15)23(20-10-8-6-7-9-17(20)3)22-14-16(2)12-19(5)25(22)27/h11-14,17,20,23,26-27H,6-10H2,1-5H3. The summed E-state index contributed by atoms with van der Waals surface area (Å²) in [5, 5.41) is 22.0. The second kappa shape index (κ2) is 7.96. The third kappa shape index (κ3) is 4.00. The van der Waals surface area contributed by atoms with Gasteiger partial charge in [0.1, 0.15) is 11.5 Å². The molecule has 0 heterocycles. The lowest BCUT2D eigenvalue weighted by Gasteiger charge is -2.33. The summed E-state index contributed by atoms with van der Waals surface area (Å²) in [5.41, 5.74) is 6.12. The van der Waals surface area contributed by atoms with Crippen LogP contribution in [0.1, 0.15) is 78.3 Å². The van der Waals surface area contributed by atoms with E-state index in [1.807, 2.05) is 26.0 Å². The molecule has 2 N–H and O–H groups in total. The summed E-state index contributed by atoms with van der Waals surface area (Å²) < 4.78 is 0. The number of aromatic hydroxyl groups is 2. The molecule has 0 spiro atoms. The fraction of sp³-hybridized carbons (Fsp3) is 0.520. The van der Waals surface area contributed by atoms with E-state index in [9.17, 15) is 10.2 Å². The summed E-state index contributed by atoms with van der Waals surface area (Å²) in [6.45, 7) is 10.5. The predicted molar refractivity (Wildman–Crippen MR) is 113 cm³/mol. The minimum Gasteiger partial charge on any atom is -0.507 e. The molecule has 0 amide bonds. The molecule has 2 atom stereocenters. The molecule has 27 heavy (non-hydrogen) atoms. The normalized spacial score (nSPS) is 20.7. The van der Waals surface area contributed by atoms with Gasteiger partial charge >= 0.3 is 0 Å². The van der Waals surface area contributed by atoms with Crippen LogP contribution in [0.4, 0.5) is 0 Å². The maximum absolute atomic E-state index is 11.0. The average molecular weight is 367 g/mol. The van der Waals surface area contributed by atoms with Crippen LogP contribution in [0.5, 0.6) is 11.5 Å². The van der Waals surface area contributed by atoms with Gasteiger partial charge in [-0.15, -0.1) is 0 Å². The summed E-state index contributed by atoms with van der Waals surface area (Å²) in [5.74, 6) is 1.79. The topological polar surface area (TPSA) is 40.5 Å². The van der Waals surface area contributed by atoms with Crippen molar-refractivity contribution in [3.63, 3.8) is 0 Å². The number of benzene rings is 2. The Balaban J connectivity index is 2.25. The lowest BCUT2D eigenvalue weighted by molar-refractivity contribution is 0.295. The minimum absolute atomic E-state index is 0.0234. The molecule has 2 aromatic carbocycles. The first-order valence-electron chi connectivity index (χ1n) is 10.4. The molecule has 146 valence electrons. The molecular weight excluding hydrogens is 332 g/mol. The Morgan fingerprint density at radius 2 is 1.22 bits per heavy atom. The predicted octanol–water partition coefficient (Wildman–Crippen LogP) is 6.68. The van der Waals surface area contributed by atoms with Gasteiger partial charge in [-0.1, -0.05) is 68.0 Å². The molecule has 0 aromatic heterocycles. The van der Waals surface area contributed by atoms with Crippen molar-refractivity contribution >= 4 is 0 Å². The number of phenols is 2. The molecule has 1 aliphatic rings. The van der Waals surface area contributed by atoms with Crippen molar-refractivity contribution in [2.24, 2.45) is 11.8 Å². The van der Waals surface area contributed by atoms with Gasteiger partial charge in [-0.3, -0.25) is 0 Å². The van der Waals surface area contributed by atoms with Crippen LogP contribution in [-0.2, 0) is 0 Å². The number of hydrogen-bond acceptors (Lipinski definition) is 2. The third-order valence-electron chi connectivity index (χ3n) is 6.47. The van der Waals surface area contributed by atoms with Gasteiger partial charge in [-0.25, -0.2) is 0 Å². The van der Waals surface area contributed by atoms with Gasteiger partial charge in [0.2, 0.25) is 0 Å². The van der Waals surface area contributed by atoms with E-state index in [4.69, 9.17) is 0 Å². The third-order valence-corrected chi connectivity index (χ3v) is 6.47. The van der Waals surface area contributed by atoms with Crippen LogP contribution in [0, 0.1) is 39.5 Å². The number of phenolic OH excluding ortho intramolecular Hbond substituents is 2. The van der Waals surface area contributed by atoms with E-state index < -0.39 is 0 Å². The van der Waals surface area contributed by atoms with Crippen LogP contribution in [-0.4, -0.2) is 10.2 Å². The van der Waals surface area contributed by atoms with E-state index in [-0.39, 0.29) is 5.92 Å². The second-order valence-corrected chi connectivity index (χ2v) is 8.80. The smallest absolute Gasteiger partial charge is 0.122 e. The van der Waals surface area contributed by atoms with Crippen LogP contribution in [0.3, 0.4) is 0 Å². The van der Waals surface area contributed by atoms with Crippen molar-refractivity contribution in [3.8, 4) is 11.5 Å². The Morgan fingerprint density at radius 1 is 0.741 bits per heavy atom. The molecule has 0 saturated heterocycles. The highest BCUT2D eigenvalue weighted by molar-refractivity contribution is 5.53. The Labute approximate surface area is 164 Å². The quantitative estimate of drug-likeness (QED) is 0.595. The molecule has 2 unspecified atom stereocenters. The van der Waals surface area contributed by atoms with E-state index in [1.54, 1.807) is 0 Å². The van der Waals surface area contributed by atoms with Crippen LogP contribution in [0.25, 0.3) is 0 Å². The van der Waals surface area contributed by atoms with Crippen molar-refractivity contribution in [1.29, 1.82) is 0 Å². The number of hydrogen-bond donors (Lipinski definition) is 2. The molecule has 2 nitrogen and oxygen atoms in total. The summed E-state index contributed by atoms with van der Waals surface area (Å²) >= 11 is 0. The highest BCUT2D eigenvalue weighted by atomic mass is 16.3. The lowest BCUT2D eigenvalue weighted by Crippen LogP contribution is -2.21. The Hall–Kier alpha value is -1.96. The Morgan fingerprint density at radius 3 is 1.74 bits per heavy atom. The summed E-state index contributed by atoms with van der Waals surface area (Å²) in [7, 11) is 0. The molecule has 1 aliphatic carbocycles. The fourth-order valence-corrected chi connectivity index (χ4v) is 5.11. The Bertz CT molecular complexity index is 764. The van der Waals surface area contributed by atoms with E-state index >= 15 is 0 Å². The molecule has 1 fully saturated rings. The summed E-state index contributed by atoms with van der Waals surface area (Å²) in [6.07, 6.45) is 6.15. The molecule has 0 radical (unpaired) electrons. The Kier molecular flexibility index (Phi) is 5.83. The van der Waals surface area contributed by atoms with Crippen LogP contribution < -0.4 is 0 Å². The SMILES string of the molecule is Cc1cc(C)c(O)c(C(c2cc(C)cc(C)c2O)C2CCCCCC2C)c1. The van der Waals surface area contributed by atoms with Gasteiger partial charge in [0.05, 0.1) is 0 Å². The van der Waals surface area contributed by atoms with Crippen molar-refractivity contribution in [3.05, 3.63) is 57.6 Å². The van der Waals surface area contributed by atoms with E-state index in [2.05, 4.69) is 32.9 Å². The van der Waals surface area contributed by atoms with Crippen molar-refractivity contribution in [2.45, 2.75) is 72.6 Å². The first-order valence-corrected chi connectivity index (χ1v) is 10.4. The summed E-state index contributed by atoms with van der Waals surface area (Å²) in [4.78, 5) is 0. The average Bonchev–Trinajstić information content (AvgIpc) is 2.81. The van der Waals surface area contributed by atoms with Gasteiger partial charge in [0.15, 0.2) is 0 Å². The van der Waals surface area contributed by atoms with Crippen molar-refractivity contribution in [2.75, 3.05) is 0 Å². The van der Waals surface area contributed by atoms with Gasteiger partial charge < -0.3 is 10.2 Å². The van der Waals surface area contributed by atoms with Gasteiger partial charge in [0.25, 0.3) is 0 Å². The zero-order valence-corrected chi connectivity index (χ0v) is 17.5. The van der Waals surface area contributed by atoms with E-state index in [0.29, 0.717) is 23.3 Å². The fourth-order valence-electron chi connectivity index (χ4n) is 5.11. The van der Waals surface area contributed by atoms with Gasteiger partial charge in [-0.05, 0) is 57.1 Å². The highest BCUT2D eigenvalue weighted by Gasteiger charge is 2.34. The maximum atomic E-state index is 11.0. The maximum Gasteiger partial charge on any atom is 0.122 e. The molecular formula is C25H34O2. The van der Waals surface area contributed by atoms with Crippen LogP contribution in [0.15, 0.2) is 24.3 Å². The minimum atomic E-state index is 0.0234. The lowest BCUT2D eigenvalue weighted by atomic mass is 9.71. The van der Waals surface area contributed by atoms with Gasteiger partial charge in [-0.2, -0.15) is 0 Å². The molecule has 2 heteroatoms. The van der Waals surface area contributed by atoms with Crippen LogP contribution >= 0.6 is 0 Å². The first kappa shape index (κ1) is 19.8. The number of aryl methyl sites for hydroxylation is 4. The molecule has 0 bridgehead atoms. The highest BCUT2D eigenvalue weighted by Crippen LogP contribution is 2.48. The molecule has 2 aromatic rings. The molecule has 1 saturated carbocycles. The van der Waals surface area contributed by atoms with Crippen molar-refractivity contribution < 1.29 is 10.2 Å². The second-order valence-electron chi connectivity index (χ2n) is 8.80. The molecule has 3 rings (SSSR count). The van der Waals surface area contributed by atoms with Crippen molar-refractivity contribution in [1.82, 2.24) is 0 Å². The zero-order chi connectivity index (χ0) is 19.7. The number of rotatable bonds is 3. The molecule has 0 aliphatic heterocycles. The van der Waals surface area contributed by atoms with E-state index in [0.717, 1.165) is 39.8 Å². The zero-order valence-electron chi connectivity index (χ0n) is 17.5. The van der Waals surface area contributed by atoms with Gasteiger partial charge in [0, 0.05) is 17.0 Å². The van der Waals surface area contributed by atoms with Crippen LogP contribution in [0.2, 0.25) is 0 Å². The first-order chi connectivity index (χ1) is 12.8.